The van der Waals surface area contributed by atoms with Gasteiger partial charge in [-0.1, -0.05) is 29.5 Å². The molecule has 0 aliphatic carbocycles. The van der Waals surface area contributed by atoms with Gasteiger partial charge in [0.25, 0.3) is 6.43 Å². The van der Waals surface area contributed by atoms with Crippen molar-refractivity contribution in [3.8, 4) is 16.9 Å². The van der Waals surface area contributed by atoms with E-state index in [4.69, 9.17) is 10.7 Å². The van der Waals surface area contributed by atoms with E-state index in [-0.39, 0.29) is 24.2 Å². The number of hydrogen-bond donors (Lipinski definition) is 2. The molecule has 0 unspecified atom stereocenters. The van der Waals surface area contributed by atoms with Gasteiger partial charge in [-0.25, -0.2) is 23.2 Å². The minimum atomic E-state index is -2.57. The summed E-state index contributed by atoms with van der Waals surface area (Å²) in [5.74, 6) is 0.518. The van der Waals surface area contributed by atoms with Crippen LogP contribution in [-0.4, -0.2) is 45.1 Å². The Morgan fingerprint density at radius 2 is 2.00 bits per heavy atom. The Bertz CT molecular complexity index is 1470. The number of amides is 2. The zero-order valence-electron chi connectivity index (χ0n) is 19.8. The third-order valence-corrected chi connectivity index (χ3v) is 6.78. The van der Waals surface area contributed by atoms with Crippen LogP contribution in [0.3, 0.4) is 0 Å². The number of nitrogens with one attached hydrogen (secondary N) is 1. The largest absolute Gasteiger partial charge is 0.366 e. The molecule has 188 valence electrons. The van der Waals surface area contributed by atoms with Crippen LogP contribution in [0.5, 0.6) is 0 Å². The van der Waals surface area contributed by atoms with Gasteiger partial charge in [-0.05, 0) is 42.8 Å². The maximum Gasteiger partial charge on any atom is 0.327 e. The average Bonchev–Trinajstić information content (AvgIpc) is 3.57. The summed E-state index contributed by atoms with van der Waals surface area (Å²) in [6.07, 6.45) is -0.169. The highest BCUT2D eigenvalue weighted by Gasteiger charge is 2.40. The summed E-state index contributed by atoms with van der Waals surface area (Å²) in [4.78, 5) is 22.3. The number of alkyl halides is 2. The molecule has 0 saturated carbocycles. The van der Waals surface area contributed by atoms with Gasteiger partial charge in [0.05, 0.1) is 35.0 Å². The molecule has 2 bridgehead atoms. The van der Waals surface area contributed by atoms with E-state index in [0.29, 0.717) is 29.3 Å². The lowest BCUT2D eigenvalue weighted by molar-refractivity contribution is 0.151. The first kappa shape index (κ1) is 23.0. The monoisotopic (exact) mass is 502 g/mol. The number of anilines is 3. The molecule has 2 aromatic heterocycles. The van der Waals surface area contributed by atoms with Crippen molar-refractivity contribution in [3.05, 3.63) is 78.1 Å². The van der Waals surface area contributed by atoms with Crippen molar-refractivity contribution in [2.24, 2.45) is 5.73 Å². The Hall–Kier alpha value is -4.38. The molecule has 3 N–H and O–H groups in total. The van der Waals surface area contributed by atoms with E-state index in [2.05, 4.69) is 20.5 Å². The van der Waals surface area contributed by atoms with Crippen LogP contribution in [-0.2, 0) is 6.54 Å². The van der Waals surface area contributed by atoms with Gasteiger partial charge in [-0.2, -0.15) is 0 Å². The van der Waals surface area contributed by atoms with E-state index in [9.17, 15) is 13.6 Å². The molecule has 4 heterocycles. The standard InChI is InChI=1S/C26H24F2N8O/c27-24(28)17-4-1-3-16(11-17)22-7-8-23-25(32-22)35(20-9-10-34(23)15-20)26(37)31-18-5-2-6-19(12-18)36-21(13-29)14-30-33-36/h1-8,11-12,14,20,24H,9-10,13,15,29H2,(H,31,37)/t20-/m0/s1. The lowest BCUT2D eigenvalue weighted by atomic mass is 10.1. The summed E-state index contributed by atoms with van der Waals surface area (Å²) in [5, 5.41) is 11.0. The number of fused-ring (bicyclic) bond motifs is 4. The Morgan fingerprint density at radius 1 is 1.14 bits per heavy atom. The SMILES string of the molecule is NCc1cnnn1-c1cccc(NC(=O)N2c3nc(-c4cccc(C(F)F)c4)ccc3N3CC[C@H]2C3)c1. The van der Waals surface area contributed by atoms with Crippen LogP contribution in [0.2, 0.25) is 0 Å². The highest BCUT2D eigenvalue weighted by Crippen LogP contribution is 2.40. The van der Waals surface area contributed by atoms with Crippen LogP contribution in [0.25, 0.3) is 16.9 Å². The topological polar surface area (TPSA) is 105 Å². The van der Waals surface area contributed by atoms with E-state index in [0.717, 1.165) is 30.0 Å². The Kier molecular flexibility index (Phi) is 5.76. The first-order valence-corrected chi connectivity index (χ1v) is 12.0. The second-order valence-electron chi connectivity index (χ2n) is 9.05. The Labute approximate surface area is 211 Å². The summed E-state index contributed by atoms with van der Waals surface area (Å²) in [6.45, 7) is 1.80. The van der Waals surface area contributed by atoms with Crippen LogP contribution < -0.4 is 20.9 Å². The van der Waals surface area contributed by atoms with Crippen molar-refractivity contribution >= 4 is 23.2 Å². The molecule has 11 heteroatoms. The molecule has 2 aliphatic heterocycles. The van der Waals surface area contributed by atoms with Gasteiger partial charge in [0.1, 0.15) is 0 Å². The van der Waals surface area contributed by atoms with Crippen LogP contribution in [0.15, 0.2) is 66.9 Å². The maximum atomic E-state index is 13.6. The number of pyridine rings is 1. The van der Waals surface area contributed by atoms with Crippen molar-refractivity contribution in [1.82, 2.24) is 20.0 Å². The summed E-state index contributed by atoms with van der Waals surface area (Å²) in [6, 6.07) is 16.8. The molecule has 1 saturated heterocycles. The minimum Gasteiger partial charge on any atom is -0.366 e. The van der Waals surface area contributed by atoms with E-state index in [1.165, 1.54) is 12.1 Å². The molecular formula is C26H24F2N8O. The molecule has 2 amide bonds. The molecule has 4 aromatic rings. The highest BCUT2D eigenvalue weighted by atomic mass is 19.3. The number of rotatable bonds is 5. The van der Waals surface area contributed by atoms with Gasteiger partial charge in [-0.3, -0.25) is 4.90 Å². The van der Waals surface area contributed by atoms with E-state index >= 15 is 0 Å². The third kappa shape index (κ3) is 4.16. The number of aromatic nitrogens is 4. The third-order valence-electron chi connectivity index (χ3n) is 6.78. The van der Waals surface area contributed by atoms with E-state index in [1.54, 1.807) is 40.0 Å². The number of halogens is 2. The zero-order valence-corrected chi connectivity index (χ0v) is 19.8. The summed E-state index contributed by atoms with van der Waals surface area (Å²) < 4.78 is 28.2. The van der Waals surface area contributed by atoms with Crippen molar-refractivity contribution in [3.63, 3.8) is 0 Å². The lowest BCUT2D eigenvalue weighted by Gasteiger charge is -2.36. The number of nitrogens with two attached hydrogens (primary N) is 1. The van der Waals surface area contributed by atoms with Crippen molar-refractivity contribution < 1.29 is 13.6 Å². The minimum absolute atomic E-state index is 0.0509. The van der Waals surface area contributed by atoms with Gasteiger partial charge >= 0.3 is 6.03 Å². The molecule has 0 spiro atoms. The van der Waals surface area contributed by atoms with Gasteiger partial charge in [-0.15, -0.1) is 5.10 Å². The molecule has 37 heavy (non-hydrogen) atoms. The van der Waals surface area contributed by atoms with Crippen molar-refractivity contribution in [1.29, 1.82) is 0 Å². The maximum absolute atomic E-state index is 13.6. The van der Waals surface area contributed by atoms with Crippen LogP contribution in [0, 0.1) is 0 Å². The van der Waals surface area contributed by atoms with Crippen LogP contribution in [0.1, 0.15) is 24.1 Å². The molecule has 2 aromatic carbocycles. The normalized spacial score (nSPS) is 16.3. The first-order chi connectivity index (χ1) is 18.0. The molecule has 1 fully saturated rings. The van der Waals surface area contributed by atoms with Gasteiger partial charge < -0.3 is 16.0 Å². The van der Waals surface area contributed by atoms with Crippen molar-refractivity contribution in [2.45, 2.75) is 25.4 Å². The average molecular weight is 503 g/mol. The number of urea groups is 1. The van der Waals surface area contributed by atoms with Gasteiger partial charge in [0, 0.05) is 36.4 Å². The molecule has 6 rings (SSSR count). The van der Waals surface area contributed by atoms with Crippen LogP contribution in [0.4, 0.5) is 30.8 Å². The van der Waals surface area contributed by atoms with Crippen molar-refractivity contribution in [2.75, 3.05) is 28.2 Å². The van der Waals surface area contributed by atoms with Gasteiger partial charge in [0.15, 0.2) is 5.82 Å². The fourth-order valence-corrected chi connectivity index (χ4v) is 4.98. The summed E-state index contributed by atoms with van der Waals surface area (Å²) >= 11 is 0. The first-order valence-electron chi connectivity index (χ1n) is 12.0. The lowest BCUT2D eigenvalue weighted by Crippen LogP contribution is -2.48. The Morgan fingerprint density at radius 3 is 2.84 bits per heavy atom. The molecule has 1 atom stereocenters. The summed E-state index contributed by atoms with van der Waals surface area (Å²) in [7, 11) is 0. The fourth-order valence-electron chi connectivity index (χ4n) is 4.98. The second kappa shape index (κ2) is 9.25. The molecule has 0 radical (unpaired) electrons. The number of nitrogens with zero attached hydrogens (tertiary/aromatic N) is 6. The molecule has 9 nitrogen and oxygen atoms in total. The molecular weight excluding hydrogens is 478 g/mol. The predicted octanol–water partition coefficient (Wildman–Crippen LogP) is 4.36. The van der Waals surface area contributed by atoms with Gasteiger partial charge in [0.2, 0.25) is 0 Å². The predicted molar refractivity (Wildman–Crippen MR) is 136 cm³/mol. The number of carbonyl (C=O) groups is 1. The quantitative estimate of drug-likeness (QED) is 0.420. The van der Waals surface area contributed by atoms with E-state index in [1.807, 2.05) is 24.3 Å². The number of hydrogen-bond acceptors (Lipinski definition) is 6. The highest BCUT2D eigenvalue weighted by molar-refractivity contribution is 6.05. The zero-order chi connectivity index (χ0) is 25.5. The summed E-state index contributed by atoms with van der Waals surface area (Å²) in [5.41, 5.74) is 9.72. The number of benzene rings is 2. The second-order valence-corrected chi connectivity index (χ2v) is 9.05. The number of carbonyl (C=O) groups excluding carboxylic acids is 1. The smallest absolute Gasteiger partial charge is 0.327 e. The fraction of sp³-hybridized carbons (Fsp3) is 0.231. The Balaban J connectivity index is 1.33. The van der Waals surface area contributed by atoms with Crippen LogP contribution >= 0.6 is 0 Å². The molecule has 2 aliphatic rings. The van der Waals surface area contributed by atoms with E-state index < -0.39 is 6.43 Å².